The molecule has 0 spiro atoms. The van der Waals surface area contributed by atoms with Gasteiger partial charge in [-0.05, 0) is 25.2 Å². The van der Waals surface area contributed by atoms with Crippen LogP contribution in [0.4, 0.5) is 5.82 Å². The first-order chi connectivity index (χ1) is 8.74. The highest BCUT2D eigenvalue weighted by Crippen LogP contribution is 2.02. The molecule has 0 saturated heterocycles. The first-order valence-electron chi connectivity index (χ1n) is 6.15. The number of rotatable bonds is 6. The molecule has 0 fully saturated rings. The second-order valence-electron chi connectivity index (χ2n) is 3.97. The van der Waals surface area contributed by atoms with Gasteiger partial charge in [0.05, 0.1) is 0 Å². The molecule has 0 amide bonds. The summed E-state index contributed by atoms with van der Waals surface area (Å²) in [7, 11) is 0. The van der Waals surface area contributed by atoms with Crippen molar-refractivity contribution in [2.24, 2.45) is 0 Å². The Balaban J connectivity index is 1.99. The van der Waals surface area contributed by atoms with Crippen LogP contribution in [0.2, 0.25) is 0 Å². The van der Waals surface area contributed by atoms with Crippen molar-refractivity contribution >= 4 is 11.5 Å². The summed E-state index contributed by atoms with van der Waals surface area (Å²) >= 11 is 0. The maximum absolute atomic E-state index is 11.4. The summed E-state index contributed by atoms with van der Waals surface area (Å²) in [4.78, 5) is 13.7. The monoisotopic (exact) mass is 250 g/mol. The molecular weight excluding hydrogens is 232 g/mol. The highest BCUT2D eigenvalue weighted by atomic mass is 16.2. The Hall–Kier alpha value is -1.89. The molecule has 0 radical (unpaired) electrons. The number of likely N-dealkylation sites (N-methyl/N-ethyl adjacent to an activating group) is 1. The van der Waals surface area contributed by atoms with Gasteiger partial charge in [0, 0.05) is 13.1 Å². The summed E-state index contributed by atoms with van der Waals surface area (Å²) in [5.41, 5.74) is 0.201. The number of nitrogens with one attached hydrogen (secondary N) is 2. The van der Waals surface area contributed by atoms with E-state index < -0.39 is 0 Å². The Morgan fingerprint density at radius 3 is 2.89 bits per heavy atom. The second kappa shape index (κ2) is 5.63. The van der Waals surface area contributed by atoms with Crippen molar-refractivity contribution in [1.82, 2.24) is 24.7 Å². The minimum absolute atomic E-state index is 0.322. The van der Waals surface area contributed by atoms with Crippen molar-refractivity contribution in [1.29, 1.82) is 0 Å². The van der Waals surface area contributed by atoms with E-state index in [1.54, 1.807) is 6.07 Å². The fraction of sp³-hybridized carbons (Fsp3) is 0.545. The van der Waals surface area contributed by atoms with Crippen molar-refractivity contribution in [3.63, 3.8) is 0 Å². The summed E-state index contributed by atoms with van der Waals surface area (Å²) < 4.78 is 1.25. The lowest BCUT2D eigenvalue weighted by Crippen LogP contribution is -2.29. The lowest BCUT2D eigenvalue weighted by atomic mass is 10.4. The van der Waals surface area contributed by atoms with Crippen molar-refractivity contribution in [3.05, 3.63) is 22.6 Å². The van der Waals surface area contributed by atoms with Crippen LogP contribution in [0.3, 0.4) is 0 Å². The van der Waals surface area contributed by atoms with Gasteiger partial charge < -0.3 is 10.2 Å². The van der Waals surface area contributed by atoms with Crippen LogP contribution in [0.5, 0.6) is 0 Å². The maximum atomic E-state index is 11.4. The van der Waals surface area contributed by atoms with Gasteiger partial charge in [0.2, 0.25) is 0 Å². The van der Waals surface area contributed by atoms with Gasteiger partial charge in [-0.25, -0.2) is 9.89 Å². The maximum Gasteiger partial charge on any atom is 0.364 e. The predicted octanol–water partition coefficient (Wildman–Crippen LogP) is 0.171. The summed E-state index contributed by atoms with van der Waals surface area (Å²) in [6.45, 7) is 8.09. The van der Waals surface area contributed by atoms with E-state index in [0.29, 0.717) is 11.5 Å². The molecule has 0 atom stereocenters. The molecule has 0 aromatic carbocycles. The van der Waals surface area contributed by atoms with Crippen molar-refractivity contribution in [2.45, 2.75) is 13.8 Å². The van der Waals surface area contributed by atoms with E-state index in [2.05, 4.69) is 39.4 Å². The number of aromatic nitrogens is 4. The molecule has 7 heteroatoms. The van der Waals surface area contributed by atoms with Gasteiger partial charge >= 0.3 is 5.69 Å². The topological polar surface area (TPSA) is 78.3 Å². The molecule has 2 heterocycles. The summed E-state index contributed by atoms with van der Waals surface area (Å²) in [6, 6.07) is 3.57. The Labute approximate surface area is 105 Å². The van der Waals surface area contributed by atoms with Crippen LogP contribution in [0.15, 0.2) is 16.9 Å². The van der Waals surface area contributed by atoms with E-state index in [0.717, 1.165) is 26.2 Å². The van der Waals surface area contributed by atoms with E-state index >= 15 is 0 Å². The zero-order chi connectivity index (χ0) is 13.0. The lowest BCUT2D eigenvalue weighted by molar-refractivity contribution is 0.316. The molecule has 2 N–H and O–H groups in total. The fourth-order valence-corrected chi connectivity index (χ4v) is 1.78. The van der Waals surface area contributed by atoms with E-state index in [4.69, 9.17) is 0 Å². The SMILES string of the molecule is CCN(CC)CCNc1ccc2n[nH]c(=O)n2n1. The van der Waals surface area contributed by atoms with Crippen LogP contribution in [0, 0.1) is 0 Å². The van der Waals surface area contributed by atoms with Gasteiger partial charge in [-0.2, -0.15) is 9.61 Å². The number of aromatic amines is 1. The molecule has 7 nitrogen and oxygen atoms in total. The summed E-state index contributed by atoms with van der Waals surface area (Å²) in [6.07, 6.45) is 0. The van der Waals surface area contributed by atoms with E-state index in [1.165, 1.54) is 4.52 Å². The van der Waals surface area contributed by atoms with Gasteiger partial charge in [-0.15, -0.1) is 5.10 Å². The van der Waals surface area contributed by atoms with Crippen LogP contribution in [-0.2, 0) is 0 Å². The molecule has 18 heavy (non-hydrogen) atoms. The molecule has 2 aromatic rings. The van der Waals surface area contributed by atoms with Crippen LogP contribution >= 0.6 is 0 Å². The third-order valence-electron chi connectivity index (χ3n) is 2.90. The number of anilines is 1. The minimum Gasteiger partial charge on any atom is -0.367 e. The van der Waals surface area contributed by atoms with Crippen molar-refractivity contribution < 1.29 is 0 Å². The molecular formula is C11H18N6O. The van der Waals surface area contributed by atoms with Crippen LogP contribution < -0.4 is 11.0 Å². The van der Waals surface area contributed by atoms with Crippen LogP contribution in [0.25, 0.3) is 5.65 Å². The number of hydrogen-bond acceptors (Lipinski definition) is 5. The minimum atomic E-state index is -0.322. The smallest absolute Gasteiger partial charge is 0.364 e. The van der Waals surface area contributed by atoms with Gasteiger partial charge in [-0.3, -0.25) is 0 Å². The molecule has 0 aliphatic heterocycles. The standard InChI is InChI=1S/C11H18N6O/c1-3-16(4-2)8-7-12-9-5-6-10-13-14-11(18)17(10)15-9/h5-6H,3-4,7-8H2,1-2H3,(H,12,15)(H,14,18). The first-order valence-corrected chi connectivity index (χ1v) is 6.15. The summed E-state index contributed by atoms with van der Waals surface area (Å²) in [5.74, 6) is 0.679. The first kappa shape index (κ1) is 12.6. The predicted molar refractivity (Wildman–Crippen MR) is 69.9 cm³/mol. The molecule has 0 aliphatic carbocycles. The van der Waals surface area contributed by atoms with Crippen molar-refractivity contribution in [2.75, 3.05) is 31.5 Å². The molecule has 98 valence electrons. The Bertz CT molecular complexity index is 556. The average Bonchev–Trinajstić information content (AvgIpc) is 2.76. The van der Waals surface area contributed by atoms with Gasteiger partial charge in [-0.1, -0.05) is 13.8 Å². The van der Waals surface area contributed by atoms with Crippen molar-refractivity contribution in [3.8, 4) is 0 Å². The number of nitrogens with zero attached hydrogens (tertiary/aromatic N) is 4. The van der Waals surface area contributed by atoms with E-state index in [9.17, 15) is 4.79 Å². The highest BCUT2D eigenvalue weighted by molar-refractivity contribution is 5.42. The largest absolute Gasteiger partial charge is 0.367 e. The van der Waals surface area contributed by atoms with Crippen LogP contribution in [-0.4, -0.2) is 50.9 Å². The number of H-pyrrole nitrogens is 1. The number of hydrogen-bond donors (Lipinski definition) is 2. The third kappa shape index (κ3) is 2.67. The average molecular weight is 250 g/mol. The Morgan fingerprint density at radius 2 is 2.17 bits per heavy atom. The molecule has 0 aliphatic rings. The van der Waals surface area contributed by atoms with Gasteiger partial charge in [0.15, 0.2) is 5.65 Å². The zero-order valence-corrected chi connectivity index (χ0v) is 10.7. The van der Waals surface area contributed by atoms with Gasteiger partial charge in [0.25, 0.3) is 0 Å². The second-order valence-corrected chi connectivity index (χ2v) is 3.97. The van der Waals surface area contributed by atoms with E-state index in [1.807, 2.05) is 6.07 Å². The van der Waals surface area contributed by atoms with E-state index in [-0.39, 0.29) is 5.69 Å². The molecule has 0 saturated carbocycles. The third-order valence-corrected chi connectivity index (χ3v) is 2.90. The Morgan fingerprint density at radius 1 is 1.39 bits per heavy atom. The van der Waals surface area contributed by atoms with Crippen LogP contribution in [0.1, 0.15) is 13.8 Å². The lowest BCUT2D eigenvalue weighted by Gasteiger charge is -2.18. The molecule has 2 aromatic heterocycles. The zero-order valence-electron chi connectivity index (χ0n) is 10.7. The highest BCUT2D eigenvalue weighted by Gasteiger charge is 2.03. The fourth-order valence-electron chi connectivity index (χ4n) is 1.78. The summed E-state index contributed by atoms with van der Waals surface area (Å²) in [5, 5.41) is 13.5. The molecule has 0 unspecified atom stereocenters. The molecule has 0 bridgehead atoms. The van der Waals surface area contributed by atoms with Gasteiger partial charge in [0.1, 0.15) is 5.82 Å². The number of fused-ring (bicyclic) bond motifs is 1. The quantitative estimate of drug-likeness (QED) is 0.764. The molecule has 2 rings (SSSR count). The normalized spacial score (nSPS) is 11.3. The Kier molecular flexibility index (Phi) is 3.93.